The Bertz CT molecular complexity index is 1010. The number of benzene rings is 2. The summed E-state index contributed by atoms with van der Waals surface area (Å²) in [5, 5.41) is 4.10. The summed E-state index contributed by atoms with van der Waals surface area (Å²) < 4.78 is 5.75. The molecule has 6 heteroatoms. The topological polar surface area (TPSA) is 74.4 Å². The van der Waals surface area contributed by atoms with Gasteiger partial charge in [0.2, 0.25) is 5.91 Å². The molecule has 1 aliphatic rings. The second kappa shape index (κ2) is 7.76. The Kier molecular flexibility index (Phi) is 5.02. The number of H-pyrrole nitrogens is 1. The van der Waals surface area contributed by atoms with Gasteiger partial charge in [0, 0.05) is 23.6 Å². The Morgan fingerprint density at radius 3 is 2.82 bits per heavy atom. The van der Waals surface area contributed by atoms with Crippen molar-refractivity contribution in [3.63, 3.8) is 0 Å². The van der Waals surface area contributed by atoms with Gasteiger partial charge in [0.05, 0.1) is 5.69 Å². The number of carbonyl (C=O) groups excluding carboxylic acids is 2. The van der Waals surface area contributed by atoms with E-state index >= 15 is 0 Å². The third kappa shape index (κ3) is 3.45. The first kappa shape index (κ1) is 18.1. The molecule has 2 amide bonds. The number of anilines is 1. The fraction of sp³-hybridized carbons (Fsp3) is 0.273. The van der Waals surface area contributed by atoms with Crippen LogP contribution in [0.4, 0.5) is 5.69 Å². The number of ether oxygens (including phenoxy) is 1. The number of carbonyl (C=O) groups is 2. The van der Waals surface area contributed by atoms with E-state index in [2.05, 4.69) is 16.4 Å². The number of para-hydroxylation sites is 3. The summed E-state index contributed by atoms with van der Waals surface area (Å²) in [5.74, 6) is 0.285. The third-order valence-corrected chi connectivity index (χ3v) is 5.03. The van der Waals surface area contributed by atoms with E-state index in [-0.39, 0.29) is 18.4 Å². The van der Waals surface area contributed by atoms with Crippen LogP contribution in [0.15, 0.2) is 54.7 Å². The minimum atomic E-state index is -0.547. The molecule has 0 bridgehead atoms. The summed E-state index contributed by atoms with van der Waals surface area (Å²) in [6.45, 7) is 2.40. The third-order valence-electron chi connectivity index (χ3n) is 5.03. The molecule has 144 valence electrons. The van der Waals surface area contributed by atoms with E-state index in [1.807, 2.05) is 49.5 Å². The van der Waals surface area contributed by atoms with E-state index in [0.29, 0.717) is 24.4 Å². The first-order chi connectivity index (χ1) is 13.7. The number of rotatable bonds is 6. The first-order valence-electron chi connectivity index (χ1n) is 9.56. The number of aromatic amines is 1. The number of hydrogen-bond acceptors (Lipinski definition) is 3. The second-order valence-corrected chi connectivity index (χ2v) is 6.87. The minimum absolute atomic E-state index is 0.0103. The molecule has 0 spiro atoms. The van der Waals surface area contributed by atoms with Crippen molar-refractivity contribution >= 4 is 28.4 Å². The molecule has 0 aliphatic carbocycles. The van der Waals surface area contributed by atoms with Crippen molar-refractivity contribution < 1.29 is 14.3 Å². The summed E-state index contributed by atoms with van der Waals surface area (Å²) in [4.78, 5) is 29.9. The minimum Gasteiger partial charge on any atom is -0.478 e. The van der Waals surface area contributed by atoms with E-state index in [9.17, 15) is 9.59 Å². The van der Waals surface area contributed by atoms with Crippen molar-refractivity contribution in [3.8, 4) is 5.75 Å². The number of aromatic nitrogens is 1. The predicted octanol–water partition coefficient (Wildman–Crippen LogP) is 3.03. The van der Waals surface area contributed by atoms with Crippen LogP contribution in [-0.2, 0) is 16.0 Å². The van der Waals surface area contributed by atoms with Gasteiger partial charge in [-0.2, -0.15) is 0 Å². The van der Waals surface area contributed by atoms with Crippen molar-refractivity contribution in [2.75, 3.05) is 18.0 Å². The average molecular weight is 377 g/mol. The lowest BCUT2D eigenvalue weighted by molar-refractivity contribution is -0.129. The summed E-state index contributed by atoms with van der Waals surface area (Å²) >= 11 is 0. The van der Waals surface area contributed by atoms with Crippen molar-refractivity contribution in [3.05, 3.63) is 60.3 Å². The van der Waals surface area contributed by atoms with Crippen LogP contribution in [0.5, 0.6) is 5.75 Å². The Morgan fingerprint density at radius 1 is 1.18 bits per heavy atom. The van der Waals surface area contributed by atoms with Gasteiger partial charge in [-0.05, 0) is 36.6 Å². The van der Waals surface area contributed by atoms with E-state index in [4.69, 9.17) is 4.74 Å². The van der Waals surface area contributed by atoms with E-state index in [1.54, 1.807) is 6.07 Å². The first-order valence-corrected chi connectivity index (χ1v) is 9.56. The monoisotopic (exact) mass is 377 g/mol. The summed E-state index contributed by atoms with van der Waals surface area (Å²) in [6.07, 6.45) is 2.71. The highest BCUT2D eigenvalue weighted by atomic mass is 16.5. The maximum absolute atomic E-state index is 12.7. The lowest BCUT2D eigenvalue weighted by atomic mass is 10.1. The Balaban J connectivity index is 1.40. The highest BCUT2D eigenvalue weighted by Crippen LogP contribution is 2.34. The standard InChI is InChI=1S/C22H23N3O3/c1-2-19-22(27)25(18-9-5-6-10-20(18)28-19)14-21(26)23-12-11-15-13-24-17-8-4-3-7-16(15)17/h3-10,13,19,24H,2,11-12,14H2,1H3,(H,23,26)/t19-/m0/s1. The molecule has 0 saturated carbocycles. The number of fused-ring (bicyclic) bond motifs is 2. The van der Waals surface area contributed by atoms with E-state index < -0.39 is 6.10 Å². The van der Waals surface area contributed by atoms with Crippen LogP contribution >= 0.6 is 0 Å². The molecule has 3 aromatic rings. The predicted molar refractivity (Wildman–Crippen MR) is 109 cm³/mol. The fourth-order valence-corrected chi connectivity index (χ4v) is 3.57. The molecule has 2 N–H and O–H groups in total. The zero-order chi connectivity index (χ0) is 19.5. The van der Waals surface area contributed by atoms with Crippen LogP contribution in [-0.4, -0.2) is 36.0 Å². The van der Waals surface area contributed by atoms with Gasteiger partial charge in [0.1, 0.15) is 12.3 Å². The molecular formula is C22H23N3O3. The molecular weight excluding hydrogens is 354 g/mol. The van der Waals surface area contributed by atoms with Crippen LogP contribution in [0.3, 0.4) is 0 Å². The van der Waals surface area contributed by atoms with Gasteiger partial charge in [-0.3, -0.25) is 14.5 Å². The largest absolute Gasteiger partial charge is 0.478 e. The van der Waals surface area contributed by atoms with Gasteiger partial charge in [-0.15, -0.1) is 0 Å². The molecule has 0 radical (unpaired) electrons. The summed E-state index contributed by atoms with van der Waals surface area (Å²) in [6, 6.07) is 15.4. The van der Waals surface area contributed by atoms with Crippen LogP contribution in [0, 0.1) is 0 Å². The number of amides is 2. The smallest absolute Gasteiger partial charge is 0.268 e. The highest BCUT2D eigenvalue weighted by Gasteiger charge is 2.34. The summed E-state index contributed by atoms with van der Waals surface area (Å²) in [7, 11) is 0. The van der Waals surface area contributed by atoms with Gasteiger partial charge in [-0.25, -0.2) is 0 Å². The Labute approximate surface area is 163 Å². The number of nitrogens with one attached hydrogen (secondary N) is 2. The molecule has 2 heterocycles. The zero-order valence-corrected chi connectivity index (χ0v) is 15.8. The molecule has 0 fully saturated rings. The molecule has 4 rings (SSSR count). The number of nitrogens with zero attached hydrogens (tertiary/aromatic N) is 1. The Hall–Kier alpha value is -3.28. The van der Waals surface area contributed by atoms with Gasteiger partial charge >= 0.3 is 0 Å². The van der Waals surface area contributed by atoms with Crippen LogP contribution in [0.25, 0.3) is 10.9 Å². The van der Waals surface area contributed by atoms with Crippen molar-refractivity contribution in [1.29, 1.82) is 0 Å². The summed E-state index contributed by atoms with van der Waals surface area (Å²) in [5.41, 5.74) is 2.89. The van der Waals surface area contributed by atoms with Crippen molar-refractivity contribution in [2.45, 2.75) is 25.9 Å². The molecule has 2 aromatic carbocycles. The van der Waals surface area contributed by atoms with Crippen LogP contribution < -0.4 is 15.0 Å². The van der Waals surface area contributed by atoms with Crippen molar-refractivity contribution in [1.82, 2.24) is 10.3 Å². The lowest BCUT2D eigenvalue weighted by Crippen LogP contribution is -2.49. The van der Waals surface area contributed by atoms with Gasteiger partial charge < -0.3 is 15.0 Å². The van der Waals surface area contributed by atoms with Crippen molar-refractivity contribution in [2.24, 2.45) is 0 Å². The maximum Gasteiger partial charge on any atom is 0.268 e. The second-order valence-electron chi connectivity index (χ2n) is 6.87. The SMILES string of the molecule is CC[C@@H]1Oc2ccccc2N(CC(=O)NCCc2c[nH]c3ccccc23)C1=O. The Morgan fingerprint density at radius 2 is 1.96 bits per heavy atom. The normalized spacial score (nSPS) is 16.0. The zero-order valence-electron chi connectivity index (χ0n) is 15.8. The molecule has 1 aliphatic heterocycles. The van der Waals surface area contributed by atoms with Crippen LogP contribution in [0.1, 0.15) is 18.9 Å². The number of hydrogen-bond donors (Lipinski definition) is 2. The van der Waals surface area contributed by atoms with Gasteiger partial charge in [-0.1, -0.05) is 37.3 Å². The maximum atomic E-state index is 12.7. The molecule has 0 unspecified atom stereocenters. The molecule has 1 atom stereocenters. The van der Waals surface area contributed by atoms with E-state index in [0.717, 1.165) is 17.5 Å². The molecule has 6 nitrogen and oxygen atoms in total. The molecule has 1 aromatic heterocycles. The van der Waals surface area contributed by atoms with Gasteiger partial charge in [0.15, 0.2) is 6.10 Å². The van der Waals surface area contributed by atoms with E-state index in [1.165, 1.54) is 10.3 Å². The highest BCUT2D eigenvalue weighted by molar-refractivity contribution is 6.03. The quantitative estimate of drug-likeness (QED) is 0.693. The molecule has 28 heavy (non-hydrogen) atoms. The van der Waals surface area contributed by atoms with Crippen LogP contribution in [0.2, 0.25) is 0 Å². The lowest BCUT2D eigenvalue weighted by Gasteiger charge is -2.33. The fourth-order valence-electron chi connectivity index (χ4n) is 3.57. The average Bonchev–Trinajstić information content (AvgIpc) is 3.13. The van der Waals surface area contributed by atoms with Gasteiger partial charge in [0.25, 0.3) is 5.91 Å². The molecule has 0 saturated heterocycles.